The fourth-order valence-electron chi connectivity index (χ4n) is 12.4. The van der Waals surface area contributed by atoms with Crippen LogP contribution >= 0.6 is 15.6 Å². The van der Waals surface area contributed by atoms with Gasteiger partial charge >= 0.3 is 39.5 Å². The Bertz CT molecular complexity index is 1910. The van der Waals surface area contributed by atoms with Crippen molar-refractivity contribution in [1.29, 1.82) is 0 Å². The molecule has 0 fully saturated rings. The number of unbranched alkanes of at least 4 members (excludes halogenated alkanes) is 49. The van der Waals surface area contributed by atoms with E-state index in [2.05, 4.69) is 41.5 Å². The largest absolute Gasteiger partial charge is 0.472 e. The molecule has 0 aliphatic carbocycles. The SMILES string of the molecule is CCCCCCCCCCCCCCCCCCCCCCC(=O)O[C@H](COC(=O)CCCCCCCCCCCCCCC(C)C)COP(=O)(O)OC[C@@H](O)COP(=O)(O)OC[C@@H](COC(=O)CCCCCCCCC(C)C)OC(=O)CCCCCCCCCCCCCCCCC. The van der Waals surface area contributed by atoms with Crippen molar-refractivity contribution >= 4 is 39.5 Å². The van der Waals surface area contributed by atoms with E-state index in [1.54, 1.807) is 0 Å². The monoisotopic (exact) mass is 1450 g/mol. The minimum absolute atomic E-state index is 0.107. The maximum absolute atomic E-state index is 13.1. The first kappa shape index (κ1) is 97.1. The molecule has 2 unspecified atom stereocenters. The Kier molecular flexibility index (Phi) is 70.3. The van der Waals surface area contributed by atoms with Crippen molar-refractivity contribution in [3.63, 3.8) is 0 Å². The Balaban J connectivity index is 5.22. The summed E-state index contributed by atoms with van der Waals surface area (Å²) in [5, 5.41) is 10.6. The van der Waals surface area contributed by atoms with E-state index in [1.165, 1.54) is 231 Å². The normalized spacial score (nSPS) is 13.9. The van der Waals surface area contributed by atoms with Gasteiger partial charge in [-0.3, -0.25) is 37.3 Å². The number of rotatable bonds is 79. The van der Waals surface area contributed by atoms with Crippen molar-refractivity contribution in [3.05, 3.63) is 0 Å². The van der Waals surface area contributed by atoms with E-state index in [9.17, 15) is 43.2 Å². The Hall–Kier alpha value is -1.94. The zero-order chi connectivity index (χ0) is 72.8. The van der Waals surface area contributed by atoms with Crippen LogP contribution in [0.4, 0.5) is 0 Å². The fraction of sp³-hybridized carbons (Fsp3) is 0.950. The van der Waals surface area contributed by atoms with E-state index < -0.39 is 97.5 Å². The van der Waals surface area contributed by atoms with E-state index in [0.717, 1.165) is 102 Å². The van der Waals surface area contributed by atoms with Gasteiger partial charge in [0, 0.05) is 25.7 Å². The Labute approximate surface area is 607 Å². The van der Waals surface area contributed by atoms with Crippen molar-refractivity contribution < 1.29 is 80.2 Å². The lowest BCUT2D eigenvalue weighted by molar-refractivity contribution is -0.161. The molecule has 0 aliphatic rings. The van der Waals surface area contributed by atoms with Gasteiger partial charge in [-0.25, -0.2) is 9.13 Å². The molecule has 19 heteroatoms. The van der Waals surface area contributed by atoms with Gasteiger partial charge in [0.2, 0.25) is 0 Å². The first-order chi connectivity index (χ1) is 47.9. The summed E-state index contributed by atoms with van der Waals surface area (Å²) in [5.41, 5.74) is 0. The van der Waals surface area contributed by atoms with Gasteiger partial charge in [0.25, 0.3) is 0 Å². The second-order valence-corrected chi connectivity index (χ2v) is 32.7. The number of phosphoric ester groups is 2. The third kappa shape index (κ3) is 74.1. The number of carbonyl (C=O) groups excluding carboxylic acids is 4. The highest BCUT2D eigenvalue weighted by molar-refractivity contribution is 7.47. The van der Waals surface area contributed by atoms with Crippen molar-refractivity contribution in [1.82, 2.24) is 0 Å². The number of phosphoric acid groups is 2. The van der Waals surface area contributed by atoms with Crippen molar-refractivity contribution in [2.75, 3.05) is 39.6 Å². The van der Waals surface area contributed by atoms with E-state index in [1.807, 2.05) is 0 Å². The minimum Gasteiger partial charge on any atom is -0.462 e. The number of carbonyl (C=O) groups is 4. The topological polar surface area (TPSA) is 237 Å². The van der Waals surface area contributed by atoms with Crippen LogP contribution in [0.3, 0.4) is 0 Å². The van der Waals surface area contributed by atoms with E-state index in [-0.39, 0.29) is 25.7 Å². The van der Waals surface area contributed by atoms with Gasteiger partial charge in [-0.15, -0.1) is 0 Å². The number of hydrogen-bond donors (Lipinski definition) is 3. The summed E-state index contributed by atoms with van der Waals surface area (Å²) >= 11 is 0. The number of esters is 4. The van der Waals surface area contributed by atoms with Crippen LogP contribution < -0.4 is 0 Å². The molecule has 588 valence electrons. The maximum atomic E-state index is 13.1. The van der Waals surface area contributed by atoms with Crippen LogP contribution in [0.15, 0.2) is 0 Å². The quantitative estimate of drug-likeness (QED) is 0.0222. The lowest BCUT2D eigenvalue weighted by atomic mass is 10.0. The summed E-state index contributed by atoms with van der Waals surface area (Å²) in [6, 6.07) is 0. The summed E-state index contributed by atoms with van der Waals surface area (Å²) in [6.45, 7) is 9.56. The molecule has 0 aliphatic heterocycles. The number of ether oxygens (including phenoxy) is 4. The third-order valence-electron chi connectivity index (χ3n) is 18.7. The average molecular weight is 1450 g/mol. The molecule has 0 rings (SSSR count). The van der Waals surface area contributed by atoms with Gasteiger partial charge in [0.1, 0.15) is 19.3 Å². The highest BCUT2D eigenvalue weighted by atomic mass is 31.2. The lowest BCUT2D eigenvalue weighted by Gasteiger charge is -2.21. The first-order valence-electron chi connectivity index (χ1n) is 41.5. The molecule has 17 nitrogen and oxygen atoms in total. The highest BCUT2D eigenvalue weighted by Crippen LogP contribution is 2.45. The predicted molar refractivity (Wildman–Crippen MR) is 405 cm³/mol. The van der Waals surface area contributed by atoms with Crippen molar-refractivity contribution in [2.24, 2.45) is 11.8 Å². The second-order valence-electron chi connectivity index (χ2n) is 29.8. The molecule has 99 heavy (non-hydrogen) atoms. The molecule has 0 aromatic heterocycles. The predicted octanol–water partition coefficient (Wildman–Crippen LogP) is 23.9. The molecular weight excluding hydrogens is 1290 g/mol. The second kappa shape index (κ2) is 71.7. The number of aliphatic hydroxyl groups is 1. The van der Waals surface area contributed by atoms with Crippen LogP contribution in [-0.2, 0) is 65.4 Å². The third-order valence-corrected chi connectivity index (χ3v) is 20.6. The van der Waals surface area contributed by atoms with Gasteiger partial charge in [-0.2, -0.15) is 0 Å². The van der Waals surface area contributed by atoms with Crippen LogP contribution in [-0.4, -0.2) is 96.7 Å². The minimum atomic E-state index is -4.96. The van der Waals surface area contributed by atoms with Crippen LogP contribution in [0.2, 0.25) is 0 Å². The van der Waals surface area contributed by atoms with Crippen LogP contribution in [0.5, 0.6) is 0 Å². The maximum Gasteiger partial charge on any atom is 0.472 e. The smallest absolute Gasteiger partial charge is 0.462 e. The standard InChI is InChI=1S/C80H156O17P2/c1-7-9-11-13-15-17-19-21-23-24-25-26-27-29-31-37-41-45-53-59-64-79(84)96-75(68-90-77(82)62-56-50-43-39-35-33-32-34-38-42-48-54-60-72(3)4)70-94-98(86,87)92-66-74(81)67-93-99(88,89)95-71-76(69-91-78(83)63-57-51-47-46-49-55-61-73(5)6)97-80(85)65-58-52-44-40-36-30-28-22-20-18-16-14-12-10-8-2/h72-76,81H,7-71H2,1-6H3,(H,86,87)(H,88,89)/t74-,75-,76-/m1/s1. The Morgan fingerprint density at radius 2 is 0.465 bits per heavy atom. The van der Waals surface area contributed by atoms with Crippen LogP contribution in [0, 0.1) is 11.8 Å². The molecule has 0 amide bonds. The first-order valence-corrected chi connectivity index (χ1v) is 44.5. The van der Waals surface area contributed by atoms with Gasteiger partial charge < -0.3 is 33.8 Å². The zero-order valence-electron chi connectivity index (χ0n) is 64.8. The van der Waals surface area contributed by atoms with Crippen molar-refractivity contribution in [3.8, 4) is 0 Å². The van der Waals surface area contributed by atoms with Crippen LogP contribution in [0.1, 0.15) is 420 Å². The molecule has 5 atom stereocenters. The van der Waals surface area contributed by atoms with E-state index in [4.69, 9.17) is 37.0 Å². The number of hydrogen-bond acceptors (Lipinski definition) is 15. The highest BCUT2D eigenvalue weighted by Gasteiger charge is 2.30. The van der Waals surface area contributed by atoms with Crippen LogP contribution in [0.25, 0.3) is 0 Å². The molecule has 3 N–H and O–H groups in total. The number of aliphatic hydroxyl groups excluding tert-OH is 1. The molecule has 0 radical (unpaired) electrons. The summed E-state index contributed by atoms with van der Waals surface area (Å²) in [5.74, 6) is -0.650. The van der Waals surface area contributed by atoms with E-state index in [0.29, 0.717) is 31.6 Å². The van der Waals surface area contributed by atoms with Gasteiger partial charge in [0.15, 0.2) is 12.2 Å². The molecule has 0 aromatic carbocycles. The molecule has 0 spiro atoms. The molecule has 0 heterocycles. The van der Waals surface area contributed by atoms with Gasteiger partial charge in [0.05, 0.1) is 26.4 Å². The molecular formula is C80H156O17P2. The Morgan fingerprint density at radius 3 is 0.687 bits per heavy atom. The summed E-state index contributed by atoms with van der Waals surface area (Å²) in [4.78, 5) is 72.9. The van der Waals surface area contributed by atoms with Crippen molar-refractivity contribution in [2.45, 2.75) is 439 Å². The average Bonchev–Trinajstić information content (AvgIpc) is 1.16. The fourth-order valence-corrected chi connectivity index (χ4v) is 13.9. The van der Waals surface area contributed by atoms with Gasteiger partial charge in [-0.05, 0) is 37.5 Å². The van der Waals surface area contributed by atoms with Gasteiger partial charge in [-0.1, -0.05) is 369 Å². The molecule has 0 bridgehead atoms. The summed E-state index contributed by atoms with van der Waals surface area (Å²) < 4.78 is 68.6. The molecule has 0 aromatic rings. The lowest BCUT2D eigenvalue weighted by Crippen LogP contribution is -2.30. The van der Waals surface area contributed by atoms with E-state index >= 15 is 0 Å². The molecule has 0 saturated carbocycles. The molecule has 0 saturated heterocycles. The summed E-state index contributed by atoms with van der Waals surface area (Å²) in [7, 11) is -9.92. The Morgan fingerprint density at radius 1 is 0.273 bits per heavy atom. The summed E-state index contributed by atoms with van der Waals surface area (Å²) in [6.07, 6.45) is 61.2. The zero-order valence-corrected chi connectivity index (χ0v) is 66.6.